The van der Waals surface area contributed by atoms with Crippen molar-refractivity contribution < 1.29 is 28.7 Å². The minimum Gasteiger partial charge on any atom is -0.550 e. The number of para-hydroxylation sites is 2. The lowest BCUT2D eigenvalue weighted by molar-refractivity contribution is -0.871. The fraction of sp³-hybridized carbons (Fsp3) is 0.680. The largest absolute Gasteiger partial charge is 0.550 e. The minimum absolute atomic E-state index is 0. The number of aliphatic carboxylic acids is 1. The summed E-state index contributed by atoms with van der Waals surface area (Å²) in [4.78, 5) is 23.0. The highest BCUT2D eigenvalue weighted by Crippen LogP contribution is 2.26. The summed E-state index contributed by atoms with van der Waals surface area (Å²) in [5.41, 5.74) is 0. The van der Waals surface area contributed by atoms with E-state index in [2.05, 4.69) is 17.6 Å². The maximum absolute atomic E-state index is 12.1. The third kappa shape index (κ3) is 15.9. The SMILES string of the molecule is C.CCCCCCOc1ccccc1OCCCCNC(=O)N[C@H](CC(=O)[O-])C[N+](C)(C)C. The predicted molar refractivity (Wildman–Crippen MR) is 130 cm³/mol. The third-order valence-electron chi connectivity index (χ3n) is 4.74. The summed E-state index contributed by atoms with van der Waals surface area (Å²) < 4.78 is 12.3. The second kappa shape index (κ2) is 17.1. The fourth-order valence-electron chi connectivity index (χ4n) is 3.27. The van der Waals surface area contributed by atoms with E-state index in [4.69, 9.17) is 9.47 Å². The number of urea groups is 1. The lowest BCUT2D eigenvalue weighted by Gasteiger charge is -2.30. The van der Waals surface area contributed by atoms with Crippen molar-refractivity contribution in [2.75, 3.05) is 47.4 Å². The van der Waals surface area contributed by atoms with E-state index < -0.39 is 12.0 Å². The molecule has 0 aliphatic heterocycles. The van der Waals surface area contributed by atoms with Gasteiger partial charge in [0.25, 0.3) is 0 Å². The summed E-state index contributed by atoms with van der Waals surface area (Å²) in [6.45, 7) is 4.37. The summed E-state index contributed by atoms with van der Waals surface area (Å²) in [6, 6.07) is 6.82. The molecule has 0 saturated carbocycles. The van der Waals surface area contributed by atoms with Crippen molar-refractivity contribution >= 4 is 12.0 Å². The van der Waals surface area contributed by atoms with Gasteiger partial charge in [-0.2, -0.15) is 0 Å². The van der Waals surface area contributed by atoms with Gasteiger partial charge in [0, 0.05) is 18.9 Å². The van der Waals surface area contributed by atoms with E-state index in [1.165, 1.54) is 19.3 Å². The van der Waals surface area contributed by atoms with Crippen molar-refractivity contribution in [2.24, 2.45) is 0 Å². The molecular weight excluding hydrogens is 422 g/mol. The van der Waals surface area contributed by atoms with Gasteiger partial charge in [-0.25, -0.2) is 4.79 Å². The van der Waals surface area contributed by atoms with E-state index in [9.17, 15) is 14.7 Å². The first-order valence-electron chi connectivity index (χ1n) is 11.6. The fourth-order valence-corrected chi connectivity index (χ4v) is 3.27. The van der Waals surface area contributed by atoms with E-state index in [0.29, 0.717) is 30.8 Å². The average Bonchev–Trinajstić information content (AvgIpc) is 2.69. The molecule has 8 heteroatoms. The Hall–Kier alpha value is -2.48. The summed E-state index contributed by atoms with van der Waals surface area (Å²) in [6.07, 6.45) is 5.93. The van der Waals surface area contributed by atoms with Crippen LogP contribution in [0.3, 0.4) is 0 Å². The Balaban J connectivity index is 0.0000102. The molecule has 0 aliphatic carbocycles. The normalized spacial score (nSPS) is 11.8. The predicted octanol–water partition coefficient (Wildman–Crippen LogP) is 2.95. The first-order valence-corrected chi connectivity index (χ1v) is 11.6. The van der Waals surface area contributed by atoms with Crippen LogP contribution in [-0.2, 0) is 4.79 Å². The van der Waals surface area contributed by atoms with Crippen LogP contribution in [-0.4, -0.2) is 70.0 Å². The van der Waals surface area contributed by atoms with E-state index >= 15 is 0 Å². The van der Waals surface area contributed by atoms with E-state index in [1.807, 2.05) is 45.4 Å². The van der Waals surface area contributed by atoms with Gasteiger partial charge in [0.05, 0.1) is 46.9 Å². The zero-order valence-electron chi connectivity index (χ0n) is 20.2. The number of amides is 2. The number of hydrogen-bond donors (Lipinski definition) is 2. The van der Waals surface area contributed by atoms with E-state index in [1.54, 1.807) is 0 Å². The summed E-state index contributed by atoms with van der Waals surface area (Å²) in [7, 11) is 5.83. The number of unbranched alkanes of at least 4 members (excludes halogenated alkanes) is 4. The monoisotopic (exact) mass is 467 g/mol. The molecule has 0 aromatic heterocycles. The Labute approximate surface area is 200 Å². The highest BCUT2D eigenvalue weighted by Gasteiger charge is 2.20. The standard InChI is InChI=1S/C24H41N3O5.CH4/c1-5-6-7-11-16-31-21-13-8-9-14-22(21)32-17-12-10-15-25-24(30)26-20(18-23(28)29)19-27(2,3)4;/h8-9,13-14,20H,5-7,10-12,15-19H2,1-4H3,(H2-,25,26,28,29,30);1H4/t20-;/m1./s1. The number of carbonyl (C=O) groups excluding carboxylic acids is 2. The third-order valence-corrected chi connectivity index (χ3v) is 4.74. The van der Waals surface area contributed by atoms with Gasteiger partial charge >= 0.3 is 6.03 Å². The highest BCUT2D eigenvalue weighted by molar-refractivity contribution is 5.75. The molecule has 0 radical (unpaired) electrons. The molecule has 1 aromatic carbocycles. The van der Waals surface area contributed by atoms with Crippen LogP contribution < -0.4 is 25.2 Å². The first-order chi connectivity index (χ1) is 15.2. The summed E-state index contributed by atoms with van der Waals surface area (Å²) in [5.74, 6) is 0.322. The van der Waals surface area contributed by atoms with Crippen molar-refractivity contribution in [3.63, 3.8) is 0 Å². The molecule has 0 heterocycles. The molecule has 0 fully saturated rings. The number of quaternary nitrogens is 1. The van der Waals surface area contributed by atoms with E-state index in [-0.39, 0.29) is 19.9 Å². The molecule has 2 amide bonds. The summed E-state index contributed by atoms with van der Waals surface area (Å²) in [5, 5.41) is 16.4. The highest BCUT2D eigenvalue weighted by atomic mass is 16.5. The quantitative estimate of drug-likeness (QED) is 0.271. The molecule has 2 N–H and O–H groups in total. The Kier molecular flexibility index (Phi) is 15.8. The molecule has 8 nitrogen and oxygen atoms in total. The Bertz CT molecular complexity index is 676. The van der Waals surface area contributed by atoms with Crippen molar-refractivity contribution in [1.82, 2.24) is 10.6 Å². The van der Waals surface area contributed by atoms with Crippen molar-refractivity contribution in [1.29, 1.82) is 0 Å². The number of nitrogens with zero attached hydrogens (tertiary/aromatic N) is 1. The summed E-state index contributed by atoms with van der Waals surface area (Å²) >= 11 is 0. The number of likely N-dealkylation sites (N-methyl/N-ethyl adjacent to an activating group) is 1. The van der Waals surface area contributed by atoms with Gasteiger partial charge in [-0.1, -0.05) is 45.7 Å². The molecule has 1 rings (SSSR count). The van der Waals surface area contributed by atoms with Crippen LogP contribution in [0.25, 0.3) is 0 Å². The molecular formula is C25H45N3O5. The number of carboxylic acid groups (broad SMARTS) is 1. The van der Waals surface area contributed by atoms with Crippen molar-refractivity contribution in [2.45, 2.75) is 65.3 Å². The van der Waals surface area contributed by atoms with Gasteiger partial charge in [0.15, 0.2) is 11.5 Å². The molecule has 0 spiro atoms. The average molecular weight is 468 g/mol. The van der Waals surface area contributed by atoms with Crippen LogP contribution in [0.4, 0.5) is 4.79 Å². The molecule has 190 valence electrons. The molecule has 0 bridgehead atoms. The maximum atomic E-state index is 12.1. The van der Waals surface area contributed by atoms with Crippen molar-refractivity contribution in [3.8, 4) is 11.5 Å². The zero-order chi connectivity index (χ0) is 23.8. The second-order valence-corrected chi connectivity index (χ2v) is 9.06. The van der Waals surface area contributed by atoms with Gasteiger partial charge in [0.1, 0.15) is 0 Å². The zero-order valence-corrected chi connectivity index (χ0v) is 20.2. The van der Waals surface area contributed by atoms with Crippen LogP contribution in [0.15, 0.2) is 24.3 Å². The Morgan fingerprint density at radius 2 is 1.55 bits per heavy atom. The number of hydrogen-bond acceptors (Lipinski definition) is 5. The number of carbonyl (C=O) groups is 2. The van der Waals surface area contributed by atoms with Gasteiger partial charge in [-0.15, -0.1) is 0 Å². The topological polar surface area (TPSA) is 99.7 Å². The molecule has 0 aliphatic rings. The minimum atomic E-state index is -1.17. The van der Waals surface area contributed by atoms with E-state index in [0.717, 1.165) is 30.8 Å². The first kappa shape index (κ1) is 30.5. The number of carboxylic acids is 1. The molecule has 33 heavy (non-hydrogen) atoms. The van der Waals surface area contributed by atoms with Crippen LogP contribution in [0, 0.1) is 0 Å². The Morgan fingerprint density at radius 3 is 2.06 bits per heavy atom. The van der Waals surface area contributed by atoms with Crippen molar-refractivity contribution in [3.05, 3.63) is 24.3 Å². The van der Waals surface area contributed by atoms with Crippen LogP contribution in [0.5, 0.6) is 11.5 Å². The van der Waals surface area contributed by atoms with Gasteiger partial charge in [0.2, 0.25) is 0 Å². The Morgan fingerprint density at radius 1 is 0.970 bits per heavy atom. The van der Waals surface area contributed by atoms with Gasteiger partial charge in [-0.3, -0.25) is 0 Å². The van der Waals surface area contributed by atoms with Gasteiger partial charge < -0.3 is 34.5 Å². The van der Waals surface area contributed by atoms with Crippen LogP contribution in [0.1, 0.15) is 59.3 Å². The number of nitrogens with one attached hydrogen (secondary N) is 2. The molecule has 1 aromatic rings. The molecule has 0 saturated heterocycles. The number of benzene rings is 1. The second-order valence-electron chi connectivity index (χ2n) is 9.06. The lowest BCUT2D eigenvalue weighted by Crippen LogP contribution is -2.53. The number of ether oxygens (including phenoxy) is 2. The van der Waals surface area contributed by atoms with Gasteiger partial charge in [-0.05, 0) is 31.4 Å². The lowest BCUT2D eigenvalue weighted by atomic mass is 10.2. The van der Waals surface area contributed by atoms with Crippen LogP contribution >= 0.6 is 0 Å². The number of rotatable bonds is 17. The maximum Gasteiger partial charge on any atom is 0.315 e. The molecule has 1 atom stereocenters. The molecule has 0 unspecified atom stereocenters. The smallest absolute Gasteiger partial charge is 0.315 e. The van der Waals surface area contributed by atoms with Crippen LogP contribution in [0.2, 0.25) is 0 Å².